The van der Waals surface area contributed by atoms with Crippen LogP contribution in [0.4, 0.5) is 13.2 Å². The number of ketones is 1. The van der Waals surface area contributed by atoms with E-state index in [-0.39, 0.29) is 23.4 Å². The summed E-state index contributed by atoms with van der Waals surface area (Å²) in [4.78, 5) is 13.3. The lowest BCUT2D eigenvalue weighted by Gasteiger charge is -2.40. The summed E-state index contributed by atoms with van der Waals surface area (Å²) in [7, 11) is 0. The highest BCUT2D eigenvalue weighted by Crippen LogP contribution is 2.53. The normalized spacial score (nSPS) is 27.2. The van der Waals surface area contributed by atoms with Crippen LogP contribution in [-0.2, 0) is 16.6 Å². The Morgan fingerprint density at radius 2 is 1.88 bits per heavy atom. The van der Waals surface area contributed by atoms with Crippen molar-refractivity contribution < 1.29 is 22.7 Å². The number of hydrogen-bond donors (Lipinski definition) is 1. The average Bonchev–Trinajstić information content (AvgIpc) is 3.35. The number of nitrogens with one attached hydrogen (secondary N) is 1. The minimum Gasteiger partial charge on any atom is -0.406 e. The van der Waals surface area contributed by atoms with Crippen molar-refractivity contribution in [1.82, 2.24) is 5.32 Å². The zero-order valence-corrected chi connectivity index (χ0v) is 14.0. The van der Waals surface area contributed by atoms with Gasteiger partial charge in [0.1, 0.15) is 11.5 Å². The van der Waals surface area contributed by atoms with Crippen LogP contribution in [0.15, 0.2) is 18.2 Å². The molecule has 0 radical (unpaired) electrons. The smallest absolute Gasteiger partial charge is 0.406 e. The first-order chi connectivity index (χ1) is 11.9. The molecule has 0 amide bonds. The predicted octanol–water partition coefficient (Wildman–Crippen LogP) is 3.75. The average molecular weight is 353 g/mol. The molecule has 1 atom stereocenters. The van der Waals surface area contributed by atoms with Gasteiger partial charge in [-0.3, -0.25) is 4.79 Å². The second kappa shape index (κ2) is 6.01. The highest BCUT2D eigenvalue weighted by Gasteiger charge is 2.54. The fourth-order valence-corrected chi connectivity index (χ4v) is 4.76. The molecule has 136 valence electrons. The highest BCUT2D eigenvalue weighted by molar-refractivity contribution is 5.95. The number of alkyl halides is 3. The van der Waals surface area contributed by atoms with E-state index in [1.165, 1.54) is 12.1 Å². The number of ether oxygens (including phenoxy) is 1. The van der Waals surface area contributed by atoms with Crippen molar-refractivity contribution in [3.8, 4) is 5.75 Å². The Balaban J connectivity index is 1.76. The standard InChI is InChI=1S/C19H22F3NO2/c20-19(21,22)25-15-4-3-12-5-8-18(16(12)11-15,17(24)13-1-2-13)14-6-9-23-10-7-14/h3-4,11,13-14,23H,1-2,5-10H2. The van der Waals surface area contributed by atoms with Gasteiger partial charge in [-0.1, -0.05) is 6.07 Å². The summed E-state index contributed by atoms with van der Waals surface area (Å²) in [6.07, 6.45) is 0.371. The molecule has 6 heteroatoms. The molecule has 1 aromatic carbocycles. The molecule has 1 aromatic rings. The van der Waals surface area contributed by atoms with Crippen LogP contribution in [0.5, 0.6) is 5.75 Å². The van der Waals surface area contributed by atoms with Gasteiger partial charge in [0.15, 0.2) is 0 Å². The zero-order chi connectivity index (χ0) is 17.7. The molecule has 1 N–H and O–H groups in total. The van der Waals surface area contributed by atoms with E-state index < -0.39 is 11.8 Å². The lowest BCUT2D eigenvalue weighted by atomic mass is 9.64. The van der Waals surface area contributed by atoms with Crippen LogP contribution in [-0.4, -0.2) is 25.2 Å². The van der Waals surface area contributed by atoms with Crippen molar-refractivity contribution in [3.05, 3.63) is 29.3 Å². The predicted molar refractivity (Wildman–Crippen MR) is 86.4 cm³/mol. The molecule has 2 fully saturated rings. The van der Waals surface area contributed by atoms with Gasteiger partial charge in [0, 0.05) is 5.92 Å². The summed E-state index contributed by atoms with van der Waals surface area (Å²) in [6.45, 7) is 1.72. The Morgan fingerprint density at radius 3 is 2.52 bits per heavy atom. The Bertz CT molecular complexity index is 678. The SMILES string of the molecule is O=C(C1CC1)C1(C2CCNCC2)CCc2ccc(OC(F)(F)F)cc21. The van der Waals surface area contributed by atoms with Gasteiger partial charge in [-0.25, -0.2) is 0 Å². The highest BCUT2D eigenvalue weighted by atomic mass is 19.4. The Hall–Kier alpha value is -1.56. The maximum Gasteiger partial charge on any atom is 0.573 e. The number of piperidine rings is 1. The third-order valence-electron chi connectivity index (χ3n) is 6.01. The van der Waals surface area contributed by atoms with Crippen molar-refractivity contribution in [2.24, 2.45) is 11.8 Å². The van der Waals surface area contributed by atoms with Crippen LogP contribution in [0.25, 0.3) is 0 Å². The lowest BCUT2D eigenvalue weighted by molar-refractivity contribution is -0.274. The molecule has 3 nitrogen and oxygen atoms in total. The molecule has 1 saturated carbocycles. The van der Waals surface area contributed by atoms with Crippen molar-refractivity contribution in [1.29, 1.82) is 0 Å². The third kappa shape index (κ3) is 3.05. The fourth-order valence-electron chi connectivity index (χ4n) is 4.76. The van der Waals surface area contributed by atoms with Crippen LogP contribution < -0.4 is 10.1 Å². The van der Waals surface area contributed by atoms with Gasteiger partial charge in [-0.2, -0.15) is 0 Å². The summed E-state index contributed by atoms with van der Waals surface area (Å²) >= 11 is 0. The number of carbonyl (C=O) groups is 1. The number of hydrogen-bond acceptors (Lipinski definition) is 3. The molecular weight excluding hydrogens is 331 g/mol. The summed E-state index contributed by atoms with van der Waals surface area (Å²) in [5.41, 5.74) is 1.17. The van der Waals surface area contributed by atoms with E-state index in [9.17, 15) is 18.0 Å². The second-order valence-electron chi connectivity index (χ2n) is 7.50. The topological polar surface area (TPSA) is 38.3 Å². The summed E-state index contributed by atoms with van der Waals surface area (Å²) in [6, 6.07) is 4.56. The van der Waals surface area contributed by atoms with E-state index in [1.807, 2.05) is 0 Å². The van der Waals surface area contributed by atoms with Crippen molar-refractivity contribution in [2.45, 2.75) is 50.3 Å². The summed E-state index contributed by atoms with van der Waals surface area (Å²) in [5, 5.41) is 3.32. The van der Waals surface area contributed by atoms with E-state index in [0.717, 1.165) is 62.7 Å². The van der Waals surface area contributed by atoms with Crippen LogP contribution in [0.3, 0.4) is 0 Å². The second-order valence-corrected chi connectivity index (χ2v) is 7.50. The van der Waals surface area contributed by atoms with Crippen LogP contribution >= 0.6 is 0 Å². The summed E-state index contributed by atoms with van der Waals surface area (Å²) < 4.78 is 42.1. The number of aryl methyl sites for hydroxylation is 1. The van der Waals surface area contributed by atoms with Gasteiger partial charge in [-0.15, -0.1) is 13.2 Å². The van der Waals surface area contributed by atoms with Gasteiger partial charge < -0.3 is 10.1 Å². The molecule has 0 bridgehead atoms. The van der Waals surface area contributed by atoms with Crippen LogP contribution in [0, 0.1) is 11.8 Å². The molecule has 0 spiro atoms. The van der Waals surface area contributed by atoms with Gasteiger partial charge in [0.2, 0.25) is 0 Å². The summed E-state index contributed by atoms with van der Waals surface area (Å²) in [5.74, 6) is 0.328. The van der Waals surface area contributed by atoms with E-state index >= 15 is 0 Å². The third-order valence-corrected chi connectivity index (χ3v) is 6.01. The first-order valence-electron chi connectivity index (χ1n) is 9.04. The van der Waals surface area contributed by atoms with Crippen molar-refractivity contribution in [2.75, 3.05) is 13.1 Å². The first kappa shape index (κ1) is 16.9. The molecule has 0 aromatic heterocycles. The number of Topliss-reactive ketones (excluding diaryl/α,β-unsaturated/α-hetero) is 1. The number of carbonyl (C=O) groups excluding carboxylic acids is 1. The van der Waals surface area contributed by atoms with E-state index in [2.05, 4.69) is 10.1 Å². The fraction of sp³-hybridized carbons (Fsp3) is 0.632. The molecule has 1 saturated heterocycles. The van der Waals surface area contributed by atoms with E-state index in [0.29, 0.717) is 0 Å². The maximum atomic E-state index is 13.3. The largest absolute Gasteiger partial charge is 0.573 e. The molecule has 1 heterocycles. The molecule has 3 aliphatic rings. The van der Waals surface area contributed by atoms with Gasteiger partial charge in [0.25, 0.3) is 0 Å². The molecule has 1 unspecified atom stereocenters. The number of halogens is 3. The number of benzene rings is 1. The molecule has 4 rings (SSSR count). The quantitative estimate of drug-likeness (QED) is 0.896. The van der Waals surface area contributed by atoms with Gasteiger partial charge in [0.05, 0.1) is 5.41 Å². The minimum atomic E-state index is -4.72. The number of rotatable bonds is 4. The minimum absolute atomic E-state index is 0.0908. The molecular formula is C19H22F3NO2. The van der Waals surface area contributed by atoms with E-state index in [1.54, 1.807) is 6.07 Å². The van der Waals surface area contributed by atoms with Crippen molar-refractivity contribution in [3.63, 3.8) is 0 Å². The van der Waals surface area contributed by atoms with E-state index in [4.69, 9.17) is 0 Å². The Morgan fingerprint density at radius 1 is 1.16 bits per heavy atom. The van der Waals surface area contributed by atoms with Crippen molar-refractivity contribution >= 4 is 5.78 Å². The van der Waals surface area contributed by atoms with Crippen LogP contribution in [0.1, 0.15) is 43.2 Å². The Labute approximate surface area is 144 Å². The van der Waals surface area contributed by atoms with Gasteiger partial charge in [-0.05, 0) is 80.8 Å². The lowest BCUT2D eigenvalue weighted by Crippen LogP contribution is -2.46. The van der Waals surface area contributed by atoms with Gasteiger partial charge >= 0.3 is 6.36 Å². The maximum absolute atomic E-state index is 13.3. The number of fused-ring (bicyclic) bond motifs is 1. The zero-order valence-electron chi connectivity index (χ0n) is 14.0. The van der Waals surface area contributed by atoms with Crippen LogP contribution in [0.2, 0.25) is 0 Å². The monoisotopic (exact) mass is 353 g/mol. The molecule has 1 aliphatic heterocycles. The molecule has 2 aliphatic carbocycles. The Kier molecular flexibility index (Phi) is 4.06. The first-order valence-corrected chi connectivity index (χ1v) is 9.04. The molecule has 25 heavy (non-hydrogen) atoms.